The summed E-state index contributed by atoms with van der Waals surface area (Å²) in [5.41, 5.74) is 0.752. The molecule has 1 N–H and O–H groups in total. The van der Waals surface area contributed by atoms with Crippen LogP contribution in [-0.2, 0) is 6.54 Å². The number of rotatable bonds is 6. The number of nitrogens with one attached hydrogen (secondary N) is 1. The van der Waals surface area contributed by atoms with E-state index in [4.69, 9.17) is 16.3 Å². The molecule has 1 aliphatic rings. The first-order valence-electron chi connectivity index (χ1n) is 5.58. The van der Waals surface area contributed by atoms with Gasteiger partial charge >= 0.3 is 0 Å². The van der Waals surface area contributed by atoms with Gasteiger partial charge in [-0.3, -0.25) is 0 Å². The Morgan fingerprint density at radius 2 is 2.18 bits per heavy atom. The molecule has 0 aliphatic heterocycles. The normalized spacial score (nSPS) is 15.3. The summed E-state index contributed by atoms with van der Waals surface area (Å²) in [5, 5.41) is 3.84. The maximum absolute atomic E-state index is 12.1. The number of halogens is 3. The zero-order valence-corrected chi connectivity index (χ0v) is 10.0. The number of hydrogen-bond donors (Lipinski definition) is 1. The smallest absolute Gasteiger partial charge is 0.272 e. The number of benzene rings is 1. The molecule has 0 bridgehead atoms. The van der Waals surface area contributed by atoms with E-state index in [1.54, 1.807) is 18.2 Å². The van der Waals surface area contributed by atoms with E-state index in [-0.39, 0.29) is 0 Å². The van der Waals surface area contributed by atoms with Gasteiger partial charge in [-0.2, -0.15) is 0 Å². The summed E-state index contributed by atoms with van der Waals surface area (Å²) in [7, 11) is 0. The molecule has 0 amide bonds. The second-order valence-electron chi connectivity index (χ2n) is 4.07. The van der Waals surface area contributed by atoms with Gasteiger partial charge in [0.15, 0.2) is 0 Å². The minimum absolute atomic E-state index is 0.436. The summed E-state index contributed by atoms with van der Waals surface area (Å²) in [5.74, 6) is 0.436. The van der Waals surface area contributed by atoms with E-state index in [9.17, 15) is 8.78 Å². The molecule has 1 aromatic carbocycles. The van der Waals surface area contributed by atoms with Crippen LogP contribution in [0.5, 0.6) is 5.75 Å². The zero-order chi connectivity index (χ0) is 12.3. The lowest BCUT2D eigenvalue weighted by Gasteiger charge is -2.13. The molecule has 1 aromatic rings. The van der Waals surface area contributed by atoms with Crippen molar-refractivity contribution >= 4 is 11.6 Å². The number of alkyl halides is 2. The molecule has 0 heterocycles. The van der Waals surface area contributed by atoms with E-state index in [0.29, 0.717) is 23.4 Å². The van der Waals surface area contributed by atoms with Crippen molar-refractivity contribution < 1.29 is 13.5 Å². The summed E-state index contributed by atoms with van der Waals surface area (Å²) >= 11 is 6.04. The second kappa shape index (κ2) is 5.65. The van der Waals surface area contributed by atoms with Crippen LogP contribution < -0.4 is 10.1 Å². The van der Waals surface area contributed by atoms with Gasteiger partial charge in [0, 0.05) is 23.2 Å². The van der Waals surface area contributed by atoms with E-state index in [1.165, 1.54) is 0 Å². The summed E-state index contributed by atoms with van der Waals surface area (Å²) < 4.78 is 29.3. The number of hydrogen-bond acceptors (Lipinski definition) is 2. The topological polar surface area (TPSA) is 21.3 Å². The van der Waals surface area contributed by atoms with Gasteiger partial charge in [0.05, 0.1) is 0 Å². The Morgan fingerprint density at radius 1 is 1.41 bits per heavy atom. The van der Waals surface area contributed by atoms with Gasteiger partial charge in [0.25, 0.3) is 6.43 Å². The highest BCUT2D eigenvalue weighted by Crippen LogP contribution is 2.28. The van der Waals surface area contributed by atoms with Crippen LogP contribution in [0.4, 0.5) is 8.78 Å². The van der Waals surface area contributed by atoms with Crippen LogP contribution in [0.1, 0.15) is 18.4 Å². The molecule has 0 spiro atoms. The molecule has 1 saturated carbocycles. The fourth-order valence-electron chi connectivity index (χ4n) is 1.53. The van der Waals surface area contributed by atoms with E-state index in [1.807, 2.05) is 0 Å². The van der Waals surface area contributed by atoms with Crippen molar-refractivity contribution in [2.45, 2.75) is 31.9 Å². The Kier molecular flexibility index (Phi) is 4.18. The average Bonchev–Trinajstić information content (AvgIpc) is 3.08. The summed E-state index contributed by atoms with van der Waals surface area (Å²) in [4.78, 5) is 0. The molecule has 1 aliphatic carbocycles. The zero-order valence-electron chi connectivity index (χ0n) is 9.26. The minimum atomic E-state index is -2.47. The Bertz CT molecular complexity index is 383. The SMILES string of the molecule is FC(F)COc1cccc(Cl)c1CNC1CC1. The van der Waals surface area contributed by atoms with Gasteiger partial charge in [-0.15, -0.1) is 0 Å². The Labute approximate surface area is 104 Å². The van der Waals surface area contributed by atoms with Crippen LogP contribution in [0, 0.1) is 0 Å². The van der Waals surface area contributed by atoms with Gasteiger partial charge in [-0.1, -0.05) is 17.7 Å². The van der Waals surface area contributed by atoms with Crippen molar-refractivity contribution in [2.24, 2.45) is 0 Å². The van der Waals surface area contributed by atoms with Gasteiger partial charge < -0.3 is 10.1 Å². The molecule has 5 heteroatoms. The molecule has 2 rings (SSSR count). The van der Waals surface area contributed by atoms with E-state index in [0.717, 1.165) is 18.4 Å². The fourth-order valence-corrected chi connectivity index (χ4v) is 1.76. The third kappa shape index (κ3) is 3.82. The lowest BCUT2D eigenvalue weighted by atomic mass is 10.2. The Morgan fingerprint density at radius 3 is 2.82 bits per heavy atom. The summed E-state index contributed by atoms with van der Waals surface area (Å²) in [6.07, 6.45) is -0.145. The van der Waals surface area contributed by atoms with Crippen molar-refractivity contribution in [3.63, 3.8) is 0 Å². The highest BCUT2D eigenvalue weighted by molar-refractivity contribution is 6.31. The first-order chi connectivity index (χ1) is 8.16. The molecule has 0 atom stereocenters. The standard InChI is InChI=1S/C12H14ClF2NO/c13-10-2-1-3-11(17-7-12(14)15)9(10)6-16-8-4-5-8/h1-3,8,12,16H,4-7H2. The number of ether oxygens (including phenoxy) is 1. The minimum Gasteiger partial charge on any atom is -0.487 e. The molecule has 17 heavy (non-hydrogen) atoms. The van der Waals surface area contributed by atoms with Crippen LogP contribution in [0.2, 0.25) is 5.02 Å². The van der Waals surface area contributed by atoms with E-state index < -0.39 is 13.0 Å². The lowest BCUT2D eigenvalue weighted by molar-refractivity contribution is 0.0813. The summed E-state index contributed by atoms with van der Waals surface area (Å²) in [6, 6.07) is 5.64. The highest BCUT2D eigenvalue weighted by atomic mass is 35.5. The average molecular weight is 262 g/mol. The second-order valence-corrected chi connectivity index (χ2v) is 4.48. The van der Waals surface area contributed by atoms with E-state index in [2.05, 4.69) is 5.32 Å². The van der Waals surface area contributed by atoms with Crippen molar-refractivity contribution in [1.29, 1.82) is 0 Å². The van der Waals surface area contributed by atoms with Crippen molar-refractivity contribution in [3.05, 3.63) is 28.8 Å². The Hall–Kier alpha value is -0.870. The van der Waals surface area contributed by atoms with Crippen LogP contribution in [0.3, 0.4) is 0 Å². The molecule has 0 saturated heterocycles. The largest absolute Gasteiger partial charge is 0.487 e. The molecule has 1 fully saturated rings. The first-order valence-corrected chi connectivity index (χ1v) is 5.96. The predicted octanol–water partition coefficient (Wildman–Crippen LogP) is 3.24. The van der Waals surface area contributed by atoms with Crippen molar-refractivity contribution in [1.82, 2.24) is 5.32 Å². The van der Waals surface area contributed by atoms with Crippen molar-refractivity contribution in [3.8, 4) is 5.75 Å². The first kappa shape index (κ1) is 12.6. The van der Waals surface area contributed by atoms with Gasteiger partial charge in [-0.25, -0.2) is 8.78 Å². The van der Waals surface area contributed by atoms with Gasteiger partial charge in [0.1, 0.15) is 12.4 Å². The maximum atomic E-state index is 12.1. The maximum Gasteiger partial charge on any atom is 0.272 e. The van der Waals surface area contributed by atoms with Crippen LogP contribution in [0.25, 0.3) is 0 Å². The molecule has 0 radical (unpaired) electrons. The fraction of sp³-hybridized carbons (Fsp3) is 0.500. The van der Waals surface area contributed by atoms with E-state index >= 15 is 0 Å². The third-order valence-corrected chi connectivity index (χ3v) is 2.94. The molecular weight excluding hydrogens is 248 g/mol. The van der Waals surface area contributed by atoms with Gasteiger partial charge in [-0.05, 0) is 25.0 Å². The quantitative estimate of drug-likeness (QED) is 0.849. The van der Waals surface area contributed by atoms with Crippen LogP contribution in [-0.4, -0.2) is 19.1 Å². The molecular formula is C12H14ClF2NO. The van der Waals surface area contributed by atoms with Crippen LogP contribution in [0.15, 0.2) is 18.2 Å². The van der Waals surface area contributed by atoms with Crippen molar-refractivity contribution in [2.75, 3.05) is 6.61 Å². The highest BCUT2D eigenvalue weighted by Gasteiger charge is 2.21. The predicted molar refractivity (Wildman–Crippen MR) is 62.8 cm³/mol. The molecule has 94 valence electrons. The third-order valence-electron chi connectivity index (χ3n) is 2.59. The van der Waals surface area contributed by atoms with Crippen LogP contribution >= 0.6 is 11.6 Å². The Balaban J connectivity index is 2.03. The monoisotopic (exact) mass is 261 g/mol. The van der Waals surface area contributed by atoms with Gasteiger partial charge in [0.2, 0.25) is 0 Å². The summed E-state index contributed by atoms with van der Waals surface area (Å²) in [6.45, 7) is -0.0420. The molecule has 2 nitrogen and oxygen atoms in total. The molecule has 0 unspecified atom stereocenters. The lowest BCUT2D eigenvalue weighted by Crippen LogP contribution is -2.17. The molecule has 0 aromatic heterocycles.